The highest BCUT2D eigenvalue weighted by Crippen LogP contribution is 2.56. The lowest BCUT2D eigenvalue weighted by Crippen LogP contribution is -2.64. The Bertz CT molecular complexity index is 1360. The number of phenols is 1. The first-order valence-electron chi connectivity index (χ1n) is 13.4. The summed E-state index contributed by atoms with van der Waals surface area (Å²) in [5.41, 5.74) is 3.45. The minimum atomic E-state index is -1.81. The number of aromatic hydroxyl groups is 1. The Morgan fingerprint density at radius 3 is 2.42 bits per heavy atom. The number of aliphatic hydroxyl groups is 2. The van der Waals surface area contributed by atoms with Gasteiger partial charge in [-0.3, -0.25) is 19.4 Å². The zero-order chi connectivity index (χ0) is 30.1. The molecular formula is C30H40FN3O6. The zero-order valence-electron chi connectivity index (χ0n) is 24.3. The van der Waals surface area contributed by atoms with E-state index in [4.69, 9.17) is 10.5 Å². The van der Waals surface area contributed by atoms with Crippen molar-refractivity contribution in [3.63, 3.8) is 0 Å². The summed E-state index contributed by atoms with van der Waals surface area (Å²) in [7, 11) is 6.57. The van der Waals surface area contributed by atoms with Crippen molar-refractivity contribution in [1.82, 2.24) is 9.80 Å². The number of halogens is 1. The van der Waals surface area contributed by atoms with Crippen molar-refractivity contribution in [2.24, 2.45) is 17.6 Å². The van der Waals surface area contributed by atoms with Crippen LogP contribution in [0.2, 0.25) is 0 Å². The first-order chi connectivity index (χ1) is 18.6. The smallest absolute Gasteiger partial charge is 0.252 e. The molecular weight excluding hydrogens is 517 g/mol. The van der Waals surface area contributed by atoms with Gasteiger partial charge in [0, 0.05) is 47.4 Å². The maximum Gasteiger partial charge on any atom is 0.252 e. The van der Waals surface area contributed by atoms with E-state index in [-0.39, 0.29) is 69.8 Å². The summed E-state index contributed by atoms with van der Waals surface area (Å²) < 4.78 is 21.9. The third-order valence-electron chi connectivity index (χ3n) is 9.51. The molecule has 0 aromatic heterocycles. The SMILES string of the molecule is C=C1C(C(N)=O)=C(O)[C@@H](N(C)C)C2C[C@@H]3Cc4c(F)c(CN(C)C(C)(C)CC)cc(O)c4C(O)=C3C(=O)[C@]12OC. The summed E-state index contributed by atoms with van der Waals surface area (Å²) in [6, 6.07) is 0.458. The van der Waals surface area contributed by atoms with Gasteiger partial charge < -0.3 is 25.8 Å². The first kappa shape index (κ1) is 29.8. The third kappa shape index (κ3) is 4.07. The molecule has 1 aromatic carbocycles. The average Bonchev–Trinajstić information content (AvgIpc) is 2.86. The van der Waals surface area contributed by atoms with E-state index in [2.05, 4.69) is 6.58 Å². The van der Waals surface area contributed by atoms with E-state index in [1.165, 1.54) is 13.2 Å². The number of hydrogen-bond acceptors (Lipinski definition) is 8. The Balaban J connectivity index is 1.90. The summed E-state index contributed by atoms with van der Waals surface area (Å²) in [5, 5.41) is 33.6. The van der Waals surface area contributed by atoms with Gasteiger partial charge in [-0.25, -0.2) is 4.39 Å². The van der Waals surface area contributed by atoms with E-state index in [1.807, 2.05) is 32.7 Å². The minimum Gasteiger partial charge on any atom is -0.510 e. The molecule has 1 fully saturated rings. The van der Waals surface area contributed by atoms with E-state index in [9.17, 15) is 24.9 Å². The van der Waals surface area contributed by atoms with Crippen molar-refractivity contribution in [2.75, 3.05) is 28.3 Å². The number of aliphatic hydroxyl groups excluding tert-OH is 2. The number of phenolic OH excluding ortho intramolecular Hbond substituents is 1. The van der Waals surface area contributed by atoms with Gasteiger partial charge in [-0.15, -0.1) is 0 Å². The van der Waals surface area contributed by atoms with Crippen LogP contribution in [-0.4, -0.2) is 82.2 Å². The lowest BCUT2D eigenvalue weighted by molar-refractivity contribution is -0.148. The number of hydrogen-bond donors (Lipinski definition) is 4. The van der Waals surface area contributed by atoms with Crippen LogP contribution < -0.4 is 5.73 Å². The molecule has 3 aliphatic rings. The summed E-state index contributed by atoms with van der Waals surface area (Å²) >= 11 is 0. The molecule has 9 nitrogen and oxygen atoms in total. The molecule has 0 heterocycles. The van der Waals surface area contributed by atoms with Crippen LogP contribution in [0.1, 0.15) is 50.3 Å². The quantitative estimate of drug-likeness (QED) is 0.401. The number of fused-ring (bicyclic) bond motifs is 3. The van der Waals surface area contributed by atoms with E-state index in [0.717, 1.165) is 6.42 Å². The lowest BCUT2D eigenvalue weighted by Gasteiger charge is -2.53. The van der Waals surface area contributed by atoms with Gasteiger partial charge in [0.15, 0.2) is 11.4 Å². The van der Waals surface area contributed by atoms with Crippen molar-refractivity contribution in [2.45, 2.75) is 63.8 Å². The number of rotatable bonds is 7. The van der Waals surface area contributed by atoms with Crippen molar-refractivity contribution < 1.29 is 34.0 Å². The van der Waals surface area contributed by atoms with Crippen molar-refractivity contribution in [1.29, 1.82) is 0 Å². The number of nitrogens with zero attached hydrogens (tertiary/aromatic N) is 2. The number of methoxy groups -OCH3 is 1. The normalized spacial score (nSPS) is 26.8. The largest absolute Gasteiger partial charge is 0.510 e. The third-order valence-corrected chi connectivity index (χ3v) is 9.51. The molecule has 218 valence electrons. The number of carbonyl (C=O) groups excluding carboxylic acids is 2. The molecule has 5 N–H and O–H groups in total. The highest BCUT2D eigenvalue weighted by molar-refractivity contribution is 6.14. The van der Waals surface area contributed by atoms with Gasteiger partial charge in [-0.05, 0) is 66.2 Å². The predicted molar refractivity (Wildman–Crippen MR) is 149 cm³/mol. The van der Waals surface area contributed by atoms with Crippen LogP contribution in [0.4, 0.5) is 4.39 Å². The van der Waals surface area contributed by atoms with Crippen LogP contribution in [0, 0.1) is 17.7 Å². The van der Waals surface area contributed by atoms with E-state index < -0.39 is 46.7 Å². The Hall–Kier alpha value is -3.21. The number of nitrogens with two attached hydrogens (primary N) is 1. The second-order valence-electron chi connectivity index (χ2n) is 12.0. The molecule has 0 bridgehead atoms. The molecule has 0 radical (unpaired) electrons. The second kappa shape index (κ2) is 10.0. The summed E-state index contributed by atoms with van der Waals surface area (Å²) in [6.07, 6.45) is 1.08. The van der Waals surface area contributed by atoms with Gasteiger partial charge in [-0.1, -0.05) is 13.5 Å². The molecule has 0 spiro atoms. The molecule has 4 atom stereocenters. The molecule has 3 aliphatic carbocycles. The summed E-state index contributed by atoms with van der Waals surface area (Å²) in [6.45, 7) is 10.3. The Morgan fingerprint density at radius 2 is 1.90 bits per heavy atom. The fraction of sp³-hybridized carbons (Fsp3) is 0.533. The molecule has 0 saturated heterocycles. The van der Waals surface area contributed by atoms with E-state index in [1.54, 1.807) is 19.0 Å². The number of benzene rings is 1. The highest BCUT2D eigenvalue weighted by Gasteiger charge is 2.63. The number of ketones is 1. The van der Waals surface area contributed by atoms with Gasteiger partial charge >= 0.3 is 0 Å². The predicted octanol–water partition coefficient (Wildman–Crippen LogP) is 3.36. The van der Waals surface area contributed by atoms with Crippen LogP contribution in [0.15, 0.2) is 35.1 Å². The Morgan fingerprint density at radius 1 is 1.27 bits per heavy atom. The van der Waals surface area contributed by atoms with Crippen LogP contribution in [-0.2, 0) is 27.3 Å². The van der Waals surface area contributed by atoms with Gasteiger partial charge in [0.1, 0.15) is 23.1 Å². The van der Waals surface area contributed by atoms with Crippen LogP contribution >= 0.6 is 0 Å². The molecule has 4 rings (SSSR count). The zero-order valence-corrected chi connectivity index (χ0v) is 24.3. The molecule has 10 heteroatoms. The standard InChI is InChI=1S/C30H40FN3O6/c1-9-29(3,4)34(7)13-16-12-19(35)22-17(23(16)31)10-15-11-18-24(33(5)6)26(37)20(28(32)39)14(2)30(18,40-8)27(38)21(15)25(22)36/h12,15,18,24,35-37H,2,9-11,13H2,1,3-8H3,(H2,32,39)/t15-,18?,24-,30-/m0/s1. The van der Waals surface area contributed by atoms with E-state index >= 15 is 4.39 Å². The number of Topliss-reactive ketones (excluding diaryl/α,β-unsaturated/α-hetero) is 1. The van der Waals surface area contributed by atoms with Crippen LogP contribution in [0.25, 0.3) is 5.76 Å². The van der Waals surface area contributed by atoms with Crippen LogP contribution in [0.3, 0.4) is 0 Å². The number of primary amides is 1. The summed E-state index contributed by atoms with van der Waals surface area (Å²) in [4.78, 5) is 30.4. The summed E-state index contributed by atoms with van der Waals surface area (Å²) in [5.74, 6) is -4.69. The number of carbonyl (C=O) groups is 2. The van der Waals surface area contributed by atoms with Gasteiger partial charge in [0.05, 0.1) is 17.2 Å². The number of amides is 1. The van der Waals surface area contributed by atoms with Gasteiger partial charge in [-0.2, -0.15) is 0 Å². The van der Waals surface area contributed by atoms with Crippen molar-refractivity contribution in [3.05, 3.63) is 57.6 Å². The fourth-order valence-corrected chi connectivity index (χ4v) is 6.72. The second-order valence-corrected chi connectivity index (χ2v) is 12.0. The molecule has 1 aromatic rings. The maximum absolute atomic E-state index is 16.1. The average molecular weight is 558 g/mol. The van der Waals surface area contributed by atoms with Crippen LogP contribution in [0.5, 0.6) is 5.75 Å². The molecule has 0 aliphatic heterocycles. The molecule has 40 heavy (non-hydrogen) atoms. The topological polar surface area (TPSA) is 137 Å². The molecule has 1 saturated carbocycles. The highest BCUT2D eigenvalue weighted by atomic mass is 19.1. The fourth-order valence-electron chi connectivity index (χ4n) is 6.72. The van der Waals surface area contributed by atoms with Gasteiger partial charge in [0.2, 0.25) is 0 Å². The first-order valence-corrected chi connectivity index (χ1v) is 13.4. The van der Waals surface area contributed by atoms with Crippen molar-refractivity contribution >= 4 is 17.4 Å². The lowest BCUT2D eigenvalue weighted by atomic mass is 9.56. The molecule has 1 unspecified atom stereocenters. The number of likely N-dealkylation sites (N-methyl/N-ethyl adjacent to an activating group) is 1. The van der Waals surface area contributed by atoms with E-state index in [0.29, 0.717) is 0 Å². The number of ether oxygens (including phenoxy) is 1. The Kier molecular flexibility index (Phi) is 7.45. The molecule has 1 amide bonds. The van der Waals surface area contributed by atoms with Crippen molar-refractivity contribution in [3.8, 4) is 5.75 Å². The van der Waals surface area contributed by atoms with Gasteiger partial charge in [0.25, 0.3) is 5.91 Å². The minimum absolute atomic E-state index is 0.0267. The Labute approximate surface area is 234 Å². The monoisotopic (exact) mass is 557 g/mol. The maximum atomic E-state index is 16.1.